The number of nitro benzene ring substituents is 1. The van der Waals surface area contributed by atoms with Crippen molar-refractivity contribution in [1.82, 2.24) is 0 Å². The molecule has 8 heteroatoms. The van der Waals surface area contributed by atoms with E-state index in [9.17, 15) is 20.0 Å². The van der Waals surface area contributed by atoms with Gasteiger partial charge in [-0.2, -0.15) is 0 Å². The van der Waals surface area contributed by atoms with E-state index in [4.69, 9.17) is 17.3 Å². The molecule has 0 aromatic heterocycles. The summed E-state index contributed by atoms with van der Waals surface area (Å²) in [6, 6.07) is 1.30. The van der Waals surface area contributed by atoms with Gasteiger partial charge in [-0.25, -0.2) is 0 Å². The predicted molar refractivity (Wildman–Crippen MR) is 63.5 cm³/mol. The van der Waals surface area contributed by atoms with Gasteiger partial charge in [0.2, 0.25) is 0 Å². The molecule has 0 fully saturated rings. The lowest BCUT2D eigenvalue weighted by Crippen LogP contribution is -2.33. The predicted octanol–water partition coefficient (Wildman–Crippen LogP) is 0.997. The third-order valence-corrected chi connectivity index (χ3v) is 2.49. The van der Waals surface area contributed by atoms with Crippen LogP contribution >= 0.6 is 11.6 Å². The minimum absolute atomic E-state index is 0.0755. The molecule has 3 N–H and O–H groups in total. The van der Waals surface area contributed by atoms with Crippen molar-refractivity contribution < 1.29 is 19.6 Å². The molecule has 0 amide bonds. The summed E-state index contributed by atoms with van der Waals surface area (Å²) in [5.41, 5.74) is 5.09. The molecule has 1 aromatic rings. The van der Waals surface area contributed by atoms with Crippen molar-refractivity contribution in [2.45, 2.75) is 12.5 Å². The lowest BCUT2D eigenvalue weighted by molar-refractivity contribution is -0.385. The average molecular weight is 275 g/mol. The number of hydrogen-bond acceptors (Lipinski definition) is 6. The lowest BCUT2D eigenvalue weighted by atomic mass is 10.0. The topological polar surface area (TPSA) is 116 Å². The normalized spacial score (nSPS) is 11.9. The first-order valence-corrected chi connectivity index (χ1v) is 5.23. The van der Waals surface area contributed by atoms with E-state index in [0.29, 0.717) is 0 Å². The van der Waals surface area contributed by atoms with Gasteiger partial charge in [0.15, 0.2) is 5.75 Å². The number of halogens is 1. The molecule has 0 saturated heterocycles. The monoisotopic (exact) mass is 274 g/mol. The van der Waals surface area contributed by atoms with Gasteiger partial charge in [-0.1, -0.05) is 11.6 Å². The van der Waals surface area contributed by atoms with Crippen LogP contribution in [0.3, 0.4) is 0 Å². The number of rotatable bonds is 4. The van der Waals surface area contributed by atoms with Gasteiger partial charge >= 0.3 is 11.7 Å². The third kappa shape index (κ3) is 3.08. The van der Waals surface area contributed by atoms with Crippen molar-refractivity contribution in [3.05, 3.63) is 32.8 Å². The summed E-state index contributed by atoms with van der Waals surface area (Å²) in [5.74, 6) is -1.24. The molecule has 7 nitrogen and oxygen atoms in total. The van der Waals surface area contributed by atoms with Crippen molar-refractivity contribution >= 4 is 23.3 Å². The number of carbonyl (C=O) groups excluding carboxylic acids is 1. The first kappa shape index (κ1) is 14.2. The number of methoxy groups -OCH3 is 1. The Hall–Kier alpha value is -1.86. The van der Waals surface area contributed by atoms with Gasteiger partial charge in [-0.05, 0) is 6.07 Å². The summed E-state index contributed by atoms with van der Waals surface area (Å²) in [4.78, 5) is 21.0. The number of phenolic OH excluding ortho intramolecular Hbond substituents is 1. The lowest BCUT2D eigenvalue weighted by Gasteiger charge is -2.10. The molecule has 0 heterocycles. The average Bonchev–Trinajstić information content (AvgIpc) is 2.31. The van der Waals surface area contributed by atoms with E-state index in [1.165, 1.54) is 13.2 Å². The third-order valence-electron chi connectivity index (χ3n) is 2.27. The Morgan fingerprint density at radius 1 is 1.67 bits per heavy atom. The Balaban J connectivity index is 3.10. The number of ether oxygens (including phenoxy) is 1. The van der Waals surface area contributed by atoms with Gasteiger partial charge in [-0.3, -0.25) is 14.9 Å². The fourth-order valence-corrected chi connectivity index (χ4v) is 1.64. The molecule has 98 valence electrons. The van der Waals surface area contributed by atoms with E-state index >= 15 is 0 Å². The number of benzene rings is 1. The fraction of sp³-hybridized carbons (Fsp3) is 0.300. The SMILES string of the molecule is COC(=O)C(N)Cc1cc(Cl)cc([N+](=O)[O-])c1O. The number of aromatic hydroxyl groups is 1. The van der Waals surface area contributed by atoms with Crippen molar-refractivity contribution in [3.8, 4) is 5.75 Å². The van der Waals surface area contributed by atoms with E-state index in [0.717, 1.165) is 6.07 Å². The van der Waals surface area contributed by atoms with Gasteiger partial charge in [0, 0.05) is 23.1 Å². The van der Waals surface area contributed by atoms with Gasteiger partial charge in [-0.15, -0.1) is 0 Å². The number of esters is 1. The molecule has 0 bridgehead atoms. The first-order chi connectivity index (χ1) is 8.36. The van der Waals surface area contributed by atoms with Crippen LogP contribution in [-0.2, 0) is 16.0 Å². The molecule has 0 aliphatic carbocycles. The molecule has 0 aliphatic rings. The summed E-state index contributed by atoms with van der Waals surface area (Å²) in [6.07, 6.45) is -0.111. The molecular formula is C10H11ClN2O5. The number of nitrogens with zero attached hydrogens (tertiary/aromatic N) is 1. The minimum Gasteiger partial charge on any atom is -0.502 e. The summed E-state index contributed by atoms with van der Waals surface area (Å²) < 4.78 is 4.42. The second kappa shape index (κ2) is 5.65. The van der Waals surface area contributed by atoms with E-state index in [-0.39, 0.29) is 17.0 Å². The molecule has 0 aliphatic heterocycles. The van der Waals surface area contributed by atoms with Crippen LogP contribution in [-0.4, -0.2) is 29.2 Å². The van der Waals surface area contributed by atoms with Gasteiger partial charge in [0.05, 0.1) is 12.0 Å². The van der Waals surface area contributed by atoms with Gasteiger partial charge in [0.25, 0.3) is 0 Å². The van der Waals surface area contributed by atoms with Gasteiger partial charge < -0.3 is 15.6 Å². The Morgan fingerprint density at radius 2 is 2.28 bits per heavy atom. The Labute approximate surface area is 107 Å². The Bertz CT molecular complexity index is 491. The van der Waals surface area contributed by atoms with Crippen molar-refractivity contribution in [2.24, 2.45) is 5.73 Å². The number of hydrogen-bond donors (Lipinski definition) is 2. The van der Waals surface area contributed by atoms with E-state index in [1.807, 2.05) is 0 Å². The molecule has 1 aromatic carbocycles. The quantitative estimate of drug-likeness (QED) is 0.481. The molecule has 1 unspecified atom stereocenters. The zero-order valence-electron chi connectivity index (χ0n) is 9.42. The summed E-state index contributed by atoms with van der Waals surface area (Å²) in [5, 5.41) is 20.4. The highest BCUT2D eigenvalue weighted by Gasteiger charge is 2.22. The summed E-state index contributed by atoms with van der Waals surface area (Å²) >= 11 is 5.69. The highest BCUT2D eigenvalue weighted by Crippen LogP contribution is 2.33. The van der Waals surface area contributed by atoms with Crippen LogP contribution in [0, 0.1) is 10.1 Å². The highest BCUT2D eigenvalue weighted by molar-refractivity contribution is 6.31. The molecule has 1 rings (SSSR count). The highest BCUT2D eigenvalue weighted by atomic mass is 35.5. The maximum Gasteiger partial charge on any atom is 0.322 e. The summed E-state index contributed by atoms with van der Waals surface area (Å²) in [7, 11) is 1.17. The Kier molecular flexibility index (Phi) is 4.46. The van der Waals surface area contributed by atoms with Crippen LogP contribution in [0.1, 0.15) is 5.56 Å². The zero-order chi connectivity index (χ0) is 13.9. The number of carbonyl (C=O) groups is 1. The maximum atomic E-state index is 11.1. The van der Waals surface area contributed by atoms with E-state index in [2.05, 4.69) is 4.74 Å². The number of phenols is 1. The van der Waals surface area contributed by atoms with Crippen LogP contribution in [0.2, 0.25) is 5.02 Å². The number of nitro groups is 1. The number of nitrogens with two attached hydrogens (primary N) is 1. The van der Waals surface area contributed by atoms with Crippen molar-refractivity contribution in [1.29, 1.82) is 0 Å². The zero-order valence-corrected chi connectivity index (χ0v) is 10.2. The molecule has 1 atom stereocenters. The van der Waals surface area contributed by atoms with Crippen LogP contribution in [0.4, 0.5) is 5.69 Å². The van der Waals surface area contributed by atoms with Crippen LogP contribution in [0.25, 0.3) is 0 Å². The maximum absolute atomic E-state index is 11.1. The van der Waals surface area contributed by atoms with E-state index < -0.39 is 28.4 Å². The fourth-order valence-electron chi connectivity index (χ4n) is 1.41. The van der Waals surface area contributed by atoms with E-state index in [1.54, 1.807) is 0 Å². The molecule has 0 radical (unpaired) electrons. The van der Waals surface area contributed by atoms with Crippen LogP contribution < -0.4 is 5.73 Å². The summed E-state index contributed by atoms with van der Waals surface area (Å²) in [6.45, 7) is 0. The van der Waals surface area contributed by atoms with Crippen molar-refractivity contribution in [2.75, 3.05) is 7.11 Å². The second-order valence-corrected chi connectivity index (χ2v) is 3.96. The smallest absolute Gasteiger partial charge is 0.322 e. The first-order valence-electron chi connectivity index (χ1n) is 4.86. The van der Waals surface area contributed by atoms with Crippen LogP contribution in [0.5, 0.6) is 5.75 Å². The molecule has 0 saturated carbocycles. The molecule has 18 heavy (non-hydrogen) atoms. The standard InChI is InChI=1S/C10H11ClN2O5/c1-18-10(15)7(12)3-5-2-6(11)4-8(9(5)14)13(16)17/h2,4,7,14H,3,12H2,1H3. The van der Waals surface area contributed by atoms with Gasteiger partial charge in [0.1, 0.15) is 6.04 Å². The van der Waals surface area contributed by atoms with Crippen LogP contribution in [0.15, 0.2) is 12.1 Å². The minimum atomic E-state index is -1.03. The second-order valence-electron chi connectivity index (χ2n) is 3.52. The molecule has 0 spiro atoms. The Morgan fingerprint density at radius 3 is 2.78 bits per heavy atom. The van der Waals surface area contributed by atoms with Crippen molar-refractivity contribution in [3.63, 3.8) is 0 Å². The largest absolute Gasteiger partial charge is 0.502 e. The molecular weight excluding hydrogens is 264 g/mol.